The largest absolute Gasteiger partial charge is 0.384 e. The Labute approximate surface area is 57.3 Å². The first kappa shape index (κ1) is 11.8. The van der Waals surface area contributed by atoms with Gasteiger partial charge in [-0.2, -0.15) is 8.78 Å². The molecule has 0 aliphatic carbocycles. The highest BCUT2D eigenvalue weighted by molar-refractivity contribution is 5.85. The summed E-state index contributed by atoms with van der Waals surface area (Å²) in [5.74, 6) is 0. The van der Waals surface area contributed by atoms with Crippen molar-refractivity contribution in [2.45, 2.75) is 25.6 Å². The zero-order valence-electron chi connectivity index (χ0n) is 4.77. The van der Waals surface area contributed by atoms with Crippen LogP contribution in [0.25, 0.3) is 0 Å². The number of rotatable bonds is 2. The van der Waals surface area contributed by atoms with Crippen LogP contribution >= 0.6 is 12.4 Å². The summed E-state index contributed by atoms with van der Waals surface area (Å²) in [6, 6.07) is 0. The summed E-state index contributed by atoms with van der Waals surface area (Å²) in [6.07, 6.45) is -6.96. The monoisotopic (exact) mass is 164 g/mol. The van der Waals surface area contributed by atoms with Gasteiger partial charge < -0.3 is 5.11 Å². The summed E-state index contributed by atoms with van der Waals surface area (Å²) >= 11 is 0. The fourth-order valence-electron chi connectivity index (χ4n) is 0.246. The normalized spacial score (nSPS) is 14.3. The van der Waals surface area contributed by atoms with Gasteiger partial charge in [0.1, 0.15) is 0 Å². The zero-order valence-corrected chi connectivity index (χ0v) is 5.59. The van der Waals surface area contributed by atoms with Gasteiger partial charge >= 0.3 is 6.11 Å². The van der Waals surface area contributed by atoms with Gasteiger partial charge in [0.05, 0.1) is 0 Å². The molecule has 0 aromatic heterocycles. The Morgan fingerprint density at radius 1 is 1.56 bits per heavy atom. The molecular weight excluding hydrogens is 156 g/mol. The molecule has 0 bridgehead atoms. The van der Waals surface area contributed by atoms with Gasteiger partial charge in [-0.1, -0.05) is 6.92 Å². The smallest absolute Gasteiger partial charge is 0.334 e. The second-order valence-electron chi connectivity index (χ2n) is 1.46. The first-order valence-corrected chi connectivity index (χ1v) is 2.22. The molecule has 0 aromatic rings. The summed E-state index contributed by atoms with van der Waals surface area (Å²) in [6.45, 7) is 1.23. The average Bonchev–Trinajstić information content (AvgIpc) is 1.62. The van der Waals surface area contributed by atoms with Gasteiger partial charge in [-0.3, -0.25) is 0 Å². The second kappa shape index (κ2) is 3.95. The minimum atomic E-state index is -4.16. The van der Waals surface area contributed by atoms with E-state index in [1.54, 1.807) is 0 Å². The third-order valence-corrected chi connectivity index (χ3v) is 0.735. The van der Waals surface area contributed by atoms with Crippen LogP contribution in [0.5, 0.6) is 0 Å². The van der Waals surface area contributed by atoms with Crippen LogP contribution in [0.2, 0.25) is 0 Å². The molecule has 1 nitrogen and oxygen atoms in total. The molecule has 0 aromatic carbocycles. The number of hydrogen-bond acceptors (Lipinski definition) is 1. The van der Waals surface area contributed by atoms with Crippen molar-refractivity contribution in [3.8, 4) is 0 Å². The maximum atomic E-state index is 11.6. The SMILES string of the molecule is CCC(F)C(O)(F)F.Cl. The molecule has 0 saturated carbocycles. The molecule has 1 N–H and O–H groups in total. The van der Waals surface area contributed by atoms with Crippen molar-refractivity contribution in [1.82, 2.24) is 0 Å². The van der Waals surface area contributed by atoms with E-state index >= 15 is 0 Å². The maximum absolute atomic E-state index is 11.6. The van der Waals surface area contributed by atoms with Gasteiger partial charge in [0, 0.05) is 0 Å². The number of aliphatic hydroxyl groups is 1. The summed E-state index contributed by atoms with van der Waals surface area (Å²) in [4.78, 5) is 0. The van der Waals surface area contributed by atoms with Crippen molar-refractivity contribution >= 4 is 12.4 Å². The lowest BCUT2D eigenvalue weighted by Gasteiger charge is -2.10. The number of halogens is 4. The Morgan fingerprint density at radius 3 is 1.89 bits per heavy atom. The predicted molar refractivity (Wildman–Crippen MR) is 29.6 cm³/mol. The van der Waals surface area contributed by atoms with E-state index in [-0.39, 0.29) is 18.8 Å². The molecule has 0 rings (SSSR count). The molecule has 0 heterocycles. The summed E-state index contributed by atoms with van der Waals surface area (Å²) in [7, 11) is 0. The molecule has 0 saturated heterocycles. The van der Waals surface area contributed by atoms with E-state index in [2.05, 4.69) is 0 Å². The van der Waals surface area contributed by atoms with Crippen molar-refractivity contribution in [3.63, 3.8) is 0 Å². The Morgan fingerprint density at radius 2 is 1.89 bits per heavy atom. The van der Waals surface area contributed by atoms with E-state index in [0.29, 0.717) is 0 Å². The Balaban J connectivity index is 0. The molecule has 58 valence electrons. The molecule has 0 amide bonds. The molecule has 1 unspecified atom stereocenters. The molecule has 0 fully saturated rings. The standard InChI is InChI=1S/C4H7F3O.ClH/c1-2-3(5)4(6,7)8;/h3,8H,2H2,1H3;1H. The molecule has 1 atom stereocenters. The van der Waals surface area contributed by atoms with E-state index in [0.717, 1.165) is 0 Å². The lowest BCUT2D eigenvalue weighted by Crippen LogP contribution is -2.28. The number of hydrogen-bond donors (Lipinski definition) is 1. The summed E-state index contributed by atoms with van der Waals surface area (Å²) in [5.41, 5.74) is 0. The molecule has 0 radical (unpaired) electrons. The van der Waals surface area contributed by atoms with E-state index in [1.807, 2.05) is 0 Å². The van der Waals surface area contributed by atoms with E-state index in [9.17, 15) is 13.2 Å². The van der Waals surface area contributed by atoms with E-state index < -0.39 is 12.3 Å². The Bertz CT molecular complexity index is 72.7. The topological polar surface area (TPSA) is 20.2 Å². The highest BCUT2D eigenvalue weighted by Crippen LogP contribution is 2.19. The Hall–Kier alpha value is 0.0400. The van der Waals surface area contributed by atoms with Crippen LogP contribution < -0.4 is 0 Å². The molecule has 5 heteroatoms. The highest BCUT2D eigenvalue weighted by Gasteiger charge is 2.35. The lowest BCUT2D eigenvalue weighted by molar-refractivity contribution is -0.240. The third kappa shape index (κ3) is 4.54. The van der Waals surface area contributed by atoms with Gasteiger partial charge in [-0.05, 0) is 6.42 Å². The van der Waals surface area contributed by atoms with Gasteiger partial charge in [0.15, 0.2) is 6.17 Å². The van der Waals surface area contributed by atoms with Crippen LogP contribution in [0.4, 0.5) is 13.2 Å². The van der Waals surface area contributed by atoms with Gasteiger partial charge in [-0.25, -0.2) is 4.39 Å². The molecule has 0 aliphatic heterocycles. The van der Waals surface area contributed by atoms with Gasteiger partial charge in [0.2, 0.25) is 0 Å². The van der Waals surface area contributed by atoms with Crippen LogP contribution in [0.15, 0.2) is 0 Å². The van der Waals surface area contributed by atoms with Crippen LogP contribution in [0.3, 0.4) is 0 Å². The first-order valence-electron chi connectivity index (χ1n) is 2.22. The fourth-order valence-corrected chi connectivity index (χ4v) is 0.246. The molecule has 0 aliphatic rings. The van der Waals surface area contributed by atoms with Crippen molar-refractivity contribution in [2.75, 3.05) is 0 Å². The molecule has 0 spiro atoms. The van der Waals surface area contributed by atoms with Crippen LogP contribution in [0.1, 0.15) is 13.3 Å². The summed E-state index contributed by atoms with van der Waals surface area (Å²) in [5, 5.41) is 7.58. The molecule has 9 heavy (non-hydrogen) atoms. The second-order valence-corrected chi connectivity index (χ2v) is 1.46. The highest BCUT2D eigenvalue weighted by atomic mass is 35.5. The third-order valence-electron chi connectivity index (χ3n) is 0.735. The Kier molecular flexibility index (Phi) is 5.18. The fraction of sp³-hybridized carbons (Fsp3) is 1.00. The molecular formula is C4H8ClF3O. The van der Waals surface area contributed by atoms with Crippen molar-refractivity contribution in [2.24, 2.45) is 0 Å². The van der Waals surface area contributed by atoms with Crippen LogP contribution in [-0.4, -0.2) is 17.4 Å². The van der Waals surface area contributed by atoms with Gasteiger partial charge in [0.25, 0.3) is 0 Å². The average molecular weight is 165 g/mol. The van der Waals surface area contributed by atoms with E-state index in [1.165, 1.54) is 6.92 Å². The van der Waals surface area contributed by atoms with E-state index in [4.69, 9.17) is 5.11 Å². The van der Waals surface area contributed by atoms with Gasteiger partial charge in [-0.15, -0.1) is 12.4 Å². The lowest BCUT2D eigenvalue weighted by atomic mass is 10.3. The van der Waals surface area contributed by atoms with Crippen LogP contribution in [0, 0.1) is 0 Å². The quantitative estimate of drug-likeness (QED) is 0.659. The zero-order chi connectivity index (χ0) is 6.78. The minimum Gasteiger partial charge on any atom is -0.334 e. The number of alkyl halides is 3. The summed E-state index contributed by atoms with van der Waals surface area (Å²) < 4.78 is 34.2. The first-order chi connectivity index (χ1) is 3.48. The minimum absolute atomic E-state index is 0. The van der Waals surface area contributed by atoms with Crippen molar-refractivity contribution in [3.05, 3.63) is 0 Å². The van der Waals surface area contributed by atoms with Crippen molar-refractivity contribution < 1.29 is 18.3 Å². The predicted octanol–water partition coefficient (Wildman–Crippen LogP) is 1.74. The van der Waals surface area contributed by atoms with Crippen molar-refractivity contribution in [1.29, 1.82) is 0 Å². The maximum Gasteiger partial charge on any atom is 0.384 e. The van der Waals surface area contributed by atoms with Crippen LogP contribution in [-0.2, 0) is 0 Å².